The molecule has 0 aromatic heterocycles. The smallest absolute Gasteiger partial charge is 0.258 e. The highest BCUT2D eigenvalue weighted by atomic mass is 35.5. The number of carbonyl (C=O) groups excluding carboxylic acids is 1. The van der Waals surface area contributed by atoms with Crippen molar-refractivity contribution in [1.29, 1.82) is 0 Å². The molecule has 0 aliphatic carbocycles. The summed E-state index contributed by atoms with van der Waals surface area (Å²) in [4.78, 5) is 12.0. The van der Waals surface area contributed by atoms with Gasteiger partial charge in [0.2, 0.25) is 0 Å². The van der Waals surface area contributed by atoms with Crippen LogP contribution in [0, 0.1) is 0 Å². The summed E-state index contributed by atoms with van der Waals surface area (Å²) in [5.74, 6) is 0.972. The Morgan fingerprint density at radius 1 is 1.17 bits per heavy atom. The van der Waals surface area contributed by atoms with Gasteiger partial charge in [-0.25, -0.2) is 0 Å². The number of hydrogen-bond donors (Lipinski definition) is 1. The number of nitrogens with one attached hydrogen (secondary N) is 1. The fraction of sp³-hybridized carbons (Fsp3) is 0.235. The van der Waals surface area contributed by atoms with Crippen molar-refractivity contribution in [3.05, 3.63) is 58.1 Å². The van der Waals surface area contributed by atoms with E-state index in [4.69, 9.17) is 32.7 Å². The van der Waals surface area contributed by atoms with Gasteiger partial charge in [-0.2, -0.15) is 0 Å². The molecule has 0 bridgehead atoms. The highest BCUT2D eigenvalue weighted by molar-refractivity contribution is 6.42. The third-order valence-electron chi connectivity index (χ3n) is 3.24. The van der Waals surface area contributed by atoms with Gasteiger partial charge in [0.05, 0.1) is 23.2 Å². The van der Waals surface area contributed by atoms with Gasteiger partial charge in [0.25, 0.3) is 5.91 Å². The van der Waals surface area contributed by atoms with E-state index in [1.165, 1.54) is 0 Å². The Morgan fingerprint density at radius 2 is 1.91 bits per heavy atom. The van der Waals surface area contributed by atoms with Crippen molar-refractivity contribution in [3.63, 3.8) is 0 Å². The van der Waals surface area contributed by atoms with Crippen molar-refractivity contribution < 1.29 is 14.3 Å². The number of carbonyl (C=O) groups is 1. The predicted octanol–water partition coefficient (Wildman–Crippen LogP) is 4.26. The van der Waals surface area contributed by atoms with Gasteiger partial charge in [-0.1, -0.05) is 41.4 Å². The zero-order valence-electron chi connectivity index (χ0n) is 12.8. The van der Waals surface area contributed by atoms with Crippen LogP contribution in [0.15, 0.2) is 42.5 Å². The number of halogens is 2. The van der Waals surface area contributed by atoms with Gasteiger partial charge in [-0.15, -0.1) is 0 Å². The molecule has 6 heteroatoms. The summed E-state index contributed by atoms with van der Waals surface area (Å²) >= 11 is 11.7. The third-order valence-corrected chi connectivity index (χ3v) is 3.98. The third kappa shape index (κ3) is 4.78. The van der Waals surface area contributed by atoms with E-state index in [9.17, 15) is 4.79 Å². The molecule has 1 atom stereocenters. The first-order valence-corrected chi connectivity index (χ1v) is 7.77. The predicted molar refractivity (Wildman–Crippen MR) is 91.5 cm³/mol. The minimum atomic E-state index is -0.241. The zero-order chi connectivity index (χ0) is 16.8. The Balaban J connectivity index is 1.92. The number of amides is 1. The second-order valence-electron chi connectivity index (χ2n) is 4.90. The quantitative estimate of drug-likeness (QED) is 0.843. The first-order chi connectivity index (χ1) is 11.0. The molecule has 0 aliphatic rings. The molecule has 0 aliphatic heterocycles. The molecule has 2 rings (SSSR count). The van der Waals surface area contributed by atoms with Crippen LogP contribution in [0.5, 0.6) is 11.5 Å². The van der Waals surface area contributed by atoms with Gasteiger partial charge in [-0.3, -0.25) is 4.79 Å². The fourth-order valence-corrected chi connectivity index (χ4v) is 2.39. The molecule has 1 unspecified atom stereocenters. The van der Waals surface area contributed by atoms with E-state index >= 15 is 0 Å². The Bertz CT molecular complexity index is 691. The maximum atomic E-state index is 12.0. The van der Waals surface area contributed by atoms with E-state index < -0.39 is 0 Å². The summed E-state index contributed by atoms with van der Waals surface area (Å²) in [7, 11) is 1.60. The molecule has 0 fully saturated rings. The highest BCUT2D eigenvalue weighted by Gasteiger charge is 2.14. The van der Waals surface area contributed by atoms with Crippen LogP contribution in [0.3, 0.4) is 0 Å². The van der Waals surface area contributed by atoms with Crippen LogP contribution in [0.1, 0.15) is 18.5 Å². The van der Waals surface area contributed by atoms with Gasteiger partial charge in [-0.05, 0) is 25.1 Å². The molecular formula is C17H17Cl2NO3. The van der Waals surface area contributed by atoms with E-state index in [0.29, 0.717) is 15.8 Å². The molecule has 2 aromatic carbocycles. The monoisotopic (exact) mass is 353 g/mol. The summed E-state index contributed by atoms with van der Waals surface area (Å²) in [6, 6.07) is 12.2. The van der Waals surface area contributed by atoms with Crippen molar-refractivity contribution in [3.8, 4) is 11.5 Å². The van der Waals surface area contributed by atoms with Gasteiger partial charge in [0.1, 0.15) is 11.5 Å². The summed E-state index contributed by atoms with van der Waals surface area (Å²) in [6.45, 7) is 1.77. The SMILES string of the molecule is COc1ccccc1C(C)NC(=O)COc1ccc(Cl)c(Cl)c1. The molecule has 0 radical (unpaired) electrons. The van der Waals surface area contributed by atoms with Crippen LogP contribution >= 0.6 is 23.2 Å². The number of ether oxygens (including phenoxy) is 2. The first kappa shape index (κ1) is 17.4. The van der Waals surface area contributed by atoms with Crippen molar-refractivity contribution >= 4 is 29.1 Å². The molecule has 0 saturated heterocycles. The number of rotatable bonds is 6. The molecule has 2 aromatic rings. The van der Waals surface area contributed by atoms with E-state index in [2.05, 4.69) is 5.32 Å². The lowest BCUT2D eigenvalue weighted by Crippen LogP contribution is -2.31. The van der Waals surface area contributed by atoms with Crippen molar-refractivity contribution in [2.75, 3.05) is 13.7 Å². The summed E-state index contributed by atoms with van der Waals surface area (Å²) in [5, 5.41) is 3.68. The van der Waals surface area contributed by atoms with Crippen molar-refractivity contribution in [2.45, 2.75) is 13.0 Å². The number of hydrogen-bond acceptors (Lipinski definition) is 3. The summed E-state index contributed by atoms with van der Waals surface area (Å²) in [5.41, 5.74) is 0.901. The minimum Gasteiger partial charge on any atom is -0.496 e. The minimum absolute atomic E-state index is 0.114. The van der Waals surface area contributed by atoms with Crippen LogP contribution in [-0.2, 0) is 4.79 Å². The average molecular weight is 354 g/mol. The van der Waals surface area contributed by atoms with Crippen LogP contribution in [0.2, 0.25) is 10.0 Å². The van der Waals surface area contributed by atoms with Crippen molar-refractivity contribution in [2.24, 2.45) is 0 Å². The lowest BCUT2D eigenvalue weighted by atomic mass is 10.1. The van der Waals surface area contributed by atoms with Crippen LogP contribution in [0.4, 0.5) is 0 Å². The molecule has 23 heavy (non-hydrogen) atoms. The Morgan fingerprint density at radius 3 is 2.61 bits per heavy atom. The topological polar surface area (TPSA) is 47.6 Å². The largest absolute Gasteiger partial charge is 0.496 e. The van der Waals surface area contributed by atoms with Crippen LogP contribution in [-0.4, -0.2) is 19.6 Å². The average Bonchev–Trinajstić information content (AvgIpc) is 2.55. The van der Waals surface area contributed by atoms with Gasteiger partial charge >= 0.3 is 0 Å². The lowest BCUT2D eigenvalue weighted by Gasteiger charge is -2.17. The molecule has 0 heterocycles. The molecule has 0 saturated carbocycles. The highest BCUT2D eigenvalue weighted by Crippen LogP contribution is 2.26. The van der Waals surface area contributed by atoms with Crippen molar-refractivity contribution in [1.82, 2.24) is 5.32 Å². The maximum absolute atomic E-state index is 12.0. The van der Waals surface area contributed by atoms with E-state index in [1.54, 1.807) is 25.3 Å². The first-order valence-electron chi connectivity index (χ1n) is 7.01. The lowest BCUT2D eigenvalue weighted by molar-refractivity contribution is -0.123. The standard InChI is InChI=1S/C17H17Cl2NO3/c1-11(13-5-3-4-6-16(13)22-2)20-17(21)10-23-12-7-8-14(18)15(19)9-12/h3-9,11H,10H2,1-2H3,(H,20,21). The van der Waals surface area contributed by atoms with E-state index in [-0.39, 0.29) is 18.6 Å². The Hall–Kier alpha value is -1.91. The van der Waals surface area contributed by atoms with Crippen LogP contribution in [0.25, 0.3) is 0 Å². The van der Waals surface area contributed by atoms with Crippen LogP contribution < -0.4 is 14.8 Å². The van der Waals surface area contributed by atoms with E-state index in [1.807, 2.05) is 31.2 Å². The molecule has 0 spiro atoms. The fourth-order valence-electron chi connectivity index (χ4n) is 2.10. The Labute approximate surface area is 145 Å². The molecule has 1 amide bonds. The second-order valence-corrected chi connectivity index (χ2v) is 5.71. The molecule has 4 nitrogen and oxygen atoms in total. The van der Waals surface area contributed by atoms with E-state index in [0.717, 1.165) is 11.3 Å². The van der Waals surface area contributed by atoms with Gasteiger partial charge < -0.3 is 14.8 Å². The second kappa shape index (κ2) is 8.09. The zero-order valence-corrected chi connectivity index (χ0v) is 14.3. The Kier molecular flexibility index (Phi) is 6.13. The number of para-hydroxylation sites is 1. The number of methoxy groups -OCH3 is 1. The number of benzene rings is 2. The normalized spacial score (nSPS) is 11.7. The van der Waals surface area contributed by atoms with Gasteiger partial charge in [0, 0.05) is 11.6 Å². The maximum Gasteiger partial charge on any atom is 0.258 e. The van der Waals surface area contributed by atoms with Gasteiger partial charge in [0.15, 0.2) is 6.61 Å². The molecular weight excluding hydrogens is 337 g/mol. The molecule has 122 valence electrons. The summed E-state index contributed by atoms with van der Waals surface area (Å²) in [6.07, 6.45) is 0. The molecule has 1 N–H and O–H groups in total. The summed E-state index contributed by atoms with van der Waals surface area (Å²) < 4.78 is 10.7.